The highest BCUT2D eigenvalue weighted by molar-refractivity contribution is 7.92. The maximum atomic E-state index is 13.7. The summed E-state index contributed by atoms with van der Waals surface area (Å²) in [6.07, 6.45) is 1.88. The number of amides is 2. The van der Waals surface area contributed by atoms with E-state index in [-0.39, 0.29) is 23.9 Å². The summed E-state index contributed by atoms with van der Waals surface area (Å²) >= 11 is 0. The number of nitrogens with zero attached hydrogens (tertiary/aromatic N) is 2. The SMILES string of the molecule is CCC(C(=O)NC(C)(C)C)N(CCc1ccccc1)C(=O)CN(c1cccc(C(C)=O)c1)S(C)(=O)=O. The van der Waals surface area contributed by atoms with Crippen molar-refractivity contribution in [3.8, 4) is 0 Å². The summed E-state index contributed by atoms with van der Waals surface area (Å²) in [6, 6.07) is 15.0. The Balaban J connectivity index is 2.42. The van der Waals surface area contributed by atoms with Gasteiger partial charge in [0, 0.05) is 17.6 Å². The lowest BCUT2D eigenvalue weighted by Crippen LogP contribution is -2.56. The Morgan fingerprint density at radius 1 is 1.00 bits per heavy atom. The molecule has 0 spiro atoms. The number of Topliss-reactive ketones (excluding diaryl/α,β-unsaturated/α-hetero) is 1. The van der Waals surface area contributed by atoms with E-state index in [1.807, 2.05) is 58.0 Å². The lowest BCUT2D eigenvalue weighted by Gasteiger charge is -2.34. The maximum absolute atomic E-state index is 13.7. The normalized spacial score (nSPS) is 12.5. The molecule has 2 rings (SSSR count). The predicted molar refractivity (Wildman–Crippen MR) is 142 cm³/mol. The van der Waals surface area contributed by atoms with Gasteiger partial charge in [-0.05, 0) is 58.2 Å². The van der Waals surface area contributed by atoms with Crippen molar-refractivity contribution in [1.29, 1.82) is 0 Å². The van der Waals surface area contributed by atoms with Gasteiger partial charge in [0.2, 0.25) is 21.8 Å². The zero-order valence-electron chi connectivity index (χ0n) is 21.9. The van der Waals surface area contributed by atoms with Gasteiger partial charge in [-0.3, -0.25) is 18.7 Å². The van der Waals surface area contributed by atoms with Crippen molar-refractivity contribution in [2.45, 2.75) is 59.0 Å². The third-order valence-corrected chi connectivity index (χ3v) is 6.73. The van der Waals surface area contributed by atoms with Crippen molar-refractivity contribution >= 4 is 33.3 Å². The van der Waals surface area contributed by atoms with Crippen molar-refractivity contribution in [1.82, 2.24) is 10.2 Å². The number of ketones is 1. The fraction of sp³-hybridized carbons (Fsp3) is 0.444. The molecule has 8 nitrogen and oxygen atoms in total. The van der Waals surface area contributed by atoms with E-state index in [9.17, 15) is 22.8 Å². The van der Waals surface area contributed by atoms with Gasteiger partial charge in [0.1, 0.15) is 12.6 Å². The Kier molecular flexibility index (Phi) is 9.81. The number of nitrogens with one attached hydrogen (secondary N) is 1. The van der Waals surface area contributed by atoms with E-state index in [0.717, 1.165) is 16.1 Å². The largest absolute Gasteiger partial charge is 0.350 e. The Hall–Kier alpha value is -3.20. The number of sulfonamides is 1. The Morgan fingerprint density at radius 2 is 1.64 bits per heavy atom. The molecule has 0 bridgehead atoms. The second kappa shape index (κ2) is 12.2. The molecule has 36 heavy (non-hydrogen) atoms. The molecule has 2 aromatic rings. The van der Waals surface area contributed by atoms with Gasteiger partial charge in [-0.1, -0.05) is 49.4 Å². The van der Waals surface area contributed by atoms with Crippen molar-refractivity contribution in [2.75, 3.05) is 23.7 Å². The molecule has 0 saturated carbocycles. The summed E-state index contributed by atoms with van der Waals surface area (Å²) in [5, 5.41) is 2.94. The average molecular weight is 516 g/mol. The summed E-state index contributed by atoms with van der Waals surface area (Å²) < 4.78 is 26.4. The van der Waals surface area contributed by atoms with Crippen LogP contribution in [0.5, 0.6) is 0 Å². The van der Waals surface area contributed by atoms with Gasteiger partial charge >= 0.3 is 0 Å². The number of anilines is 1. The van der Waals surface area contributed by atoms with Gasteiger partial charge < -0.3 is 10.2 Å². The van der Waals surface area contributed by atoms with Crippen molar-refractivity contribution in [2.24, 2.45) is 0 Å². The van der Waals surface area contributed by atoms with Crippen LogP contribution in [0.3, 0.4) is 0 Å². The number of benzene rings is 2. The summed E-state index contributed by atoms with van der Waals surface area (Å²) in [5.74, 6) is -1.01. The fourth-order valence-corrected chi connectivity index (χ4v) is 4.68. The minimum atomic E-state index is -3.86. The standard InChI is InChI=1S/C27H37N3O5S/c1-7-24(26(33)28-27(3,4)5)29(17-16-21-12-9-8-10-13-21)25(32)19-30(36(6,34)35)23-15-11-14-22(18-23)20(2)31/h8-15,18,24H,7,16-17,19H2,1-6H3,(H,28,33). The second-order valence-corrected chi connectivity index (χ2v) is 11.8. The molecular weight excluding hydrogens is 478 g/mol. The average Bonchev–Trinajstić information content (AvgIpc) is 2.78. The van der Waals surface area contributed by atoms with Gasteiger partial charge in [0.05, 0.1) is 11.9 Å². The van der Waals surface area contributed by atoms with Crippen LogP contribution in [-0.4, -0.2) is 61.8 Å². The molecule has 196 valence electrons. The molecule has 0 saturated heterocycles. The summed E-state index contributed by atoms with van der Waals surface area (Å²) in [4.78, 5) is 40.1. The molecule has 2 aromatic carbocycles. The van der Waals surface area contributed by atoms with Gasteiger partial charge in [0.25, 0.3) is 0 Å². The predicted octanol–water partition coefficient (Wildman–Crippen LogP) is 3.42. The van der Waals surface area contributed by atoms with E-state index >= 15 is 0 Å². The Bertz CT molecular complexity index is 1170. The van der Waals surface area contributed by atoms with Crippen LogP contribution in [0, 0.1) is 0 Å². The Labute approximate surface area is 214 Å². The number of hydrogen-bond acceptors (Lipinski definition) is 5. The second-order valence-electron chi connectivity index (χ2n) is 9.86. The summed E-state index contributed by atoms with van der Waals surface area (Å²) in [7, 11) is -3.86. The topological polar surface area (TPSA) is 104 Å². The molecule has 0 aliphatic rings. The first-order valence-electron chi connectivity index (χ1n) is 12.0. The fourth-order valence-electron chi connectivity index (χ4n) is 3.84. The number of carbonyl (C=O) groups is 3. The van der Waals surface area contributed by atoms with Crippen molar-refractivity contribution in [3.63, 3.8) is 0 Å². The molecule has 9 heteroatoms. The zero-order chi connectivity index (χ0) is 27.1. The maximum Gasteiger partial charge on any atom is 0.244 e. The van der Waals surface area contributed by atoms with E-state index in [4.69, 9.17) is 0 Å². The monoisotopic (exact) mass is 515 g/mol. The highest BCUT2D eigenvalue weighted by Crippen LogP contribution is 2.21. The third kappa shape index (κ3) is 8.48. The van der Waals surface area contributed by atoms with Gasteiger partial charge in [-0.25, -0.2) is 8.42 Å². The van der Waals surface area contributed by atoms with E-state index in [1.54, 1.807) is 18.2 Å². The van der Waals surface area contributed by atoms with Crippen LogP contribution in [0.2, 0.25) is 0 Å². The van der Waals surface area contributed by atoms with Gasteiger partial charge in [-0.15, -0.1) is 0 Å². The minimum absolute atomic E-state index is 0.216. The van der Waals surface area contributed by atoms with Crippen LogP contribution in [0.25, 0.3) is 0 Å². The number of carbonyl (C=O) groups excluding carboxylic acids is 3. The first-order valence-corrected chi connectivity index (χ1v) is 13.8. The molecule has 0 aliphatic heterocycles. The highest BCUT2D eigenvalue weighted by atomic mass is 32.2. The molecule has 0 heterocycles. The molecule has 0 fully saturated rings. The van der Waals surface area contributed by atoms with Crippen LogP contribution in [0.1, 0.15) is 57.0 Å². The van der Waals surface area contributed by atoms with E-state index in [2.05, 4.69) is 5.32 Å². The molecule has 1 N–H and O–H groups in total. The smallest absolute Gasteiger partial charge is 0.244 e. The van der Waals surface area contributed by atoms with Crippen molar-refractivity contribution in [3.05, 3.63) is 65.7 Å². The summed E-state index contributed by atoms with van der Waals surface area (Å²) in [6.45, 7) is 8.54. The quantitative estimate of drug-likeness (QED) is 0.462. The van der Waals surface area contributed by atoms with Gasteiger partial charge in [-0.2, -0.15) is 0 Å². The van der Waals surface area contributed by atoms with Crippen molar-refractivity contribution < 1.29 is 22.8 Å². The molecule has 2 amide bonds. The molecule has 0 radical (unpaired) electrons. The van der Waals surface area contributed by atoms with Crippen LogP contribution < -0.4 is 9.62 Å². The zero-order valence-corrected chi connectivity index (χ0v) is 22.8. The van der Waals surface area contributed by atoms with E-state index < -0.39 is 34.1 Å². The first kappa shape index (κ1) is 29.0. The van der Waals surface area contributed by atoms with E-state index in [0.29, 0.717) is 18.4 Å². The molecule has 0 aromatic heterocycles. The molecular formula is C27H37N3O5S. The molecule has 1 unspecified atom stereocenters. The van der Waals surface area contributed by atoms with E-state index in [1.165, 1.54) is 17.9 Å². The Morgan fingerprint density at radius 3 is 2.17 bits per heavy atom. The molecule has 1 atom stereocenters. The lowest BCUT2D eigenvalue weighted by atomic mass is 10.1. The van der Waals surface area contributed by atoms with Crippen LogP contribution >= 0.6 is 0 Å². The summed E-state index contributed by atoms with van der Waals surface area (Å²) in [5.41, 5.74) is 1.06. The van der Waals surface area contributed by atoms with Gasteiger partial charge in [0.15, 0.2) is 5.78 Å². The molecule has 0 aliphatic carbocycles. The number of rotatable bonds is 11. The first-order chi connectivity index (χ1) is 16.7. The highest BCUT2D eigenvalue weighted by Gasteiger charge is 2.32. The lowest BCUT2D eigenvalue weighted by molar-refractivity contribution is -0.140. The van der Waals surface area contributed by atoms with Crippen LogP contribution in [-0.2, 0) is 26.0 Å². The minimum Gasteiger partial charge on any atom is -0.350 e. The third-order valence-electron chi connectivity index (χ3n) is 5.59. The van der Waals surface area contributed by atoms with Crippen LogP contribution in [0.15, 0.2) is 54.6 Å². The van der Waals surface area contributed by atoms with Crippen LogP contribution in [0.4, 0.5) is 5.69 Å². The number of hydrogen-bond donors (Lipinski definition) is 1.